The number of benzene rings is 1. The van der Waals surface area contributed by atoms with Crippen LogP contribution in [0.25, 0.3) is 11.3 Å². The number of pyridine rings is 2. The summed E-state index contributed by atoms with van der Waals surface area (Å²) < 4.78 is 27.1. The van der Waals surface area contributed by atoms with Crippen molar-refractivity contribution in [3.8, 4) is 11.3 Å². The molecule has 1 N–H and O–H groups in total. The lowest BCUT2D eigenvalue weighted by molar-refractivity contribution is 0.0942. The zero-order valence-electron chi connectivity index (χ0n) is 12.5. The highest BCUT2D eigenvalue weighted by atomic mass is 19.1. The fourth-order valence-corrected chi connectivity index (χ4v) is 2.20. The highest BCUT2D eigenvalue weighted by Gasteiger charge is 2.16. The van der Waals surface area contributed by atoms with Gasteiger partial charge in [-0.2, -0.15) is 0 Å². The van der Waals surface area contributed by atoms with Crippen molar-refractivity contribution in [2.24, 2.45) is 0 Å². The van der Waals surface area contributed by atoms with Gasteiger partial charge in [-0.3, -0.25) is 14.8 Å². The first-order valence-corrected chi connectivity index (χ1v) is 7.22. The molecule has 0 fully saturated rings. The topological polar surface area (TPSA) is 54.9 Å². The van der Waals surface area contributed by atoms with E-state index < -0.39 is 23.1 Å². The van der Waals surface area contributed by atoms with E-state index in [1.54, 1.807) is 30.7 Å². The maximum atomic E-state index is 13.5. The second kappa shape index (κ2) is 6.95. The predicted octanol–water partition coefficient (Wildman–Crippen LogP) is 3.35. The Hall–Kier alpha value is -3.15. The van der Waals surface area contributed by atoms with E-state index in [2.05, 4.69) is 15.3 Å². The molecule has 2 aromatic heterocycles. The summed E-state index contributed by atoms with van der Waals surface area (Å²) in [5.74, 6) is -2.59. The first kappa shape index (κ1) is 15.7. The molecule has 3 rings (SSSR count). The van der Waals surface area contributed by atoms with E-state index in [4.69, 9.17) is 0 Å². The quantitative estimate of drug-likeness (QED) is 0.800. The van der Waals surface area contributed by atoms with Crippen molar-refractivity contribution >= 4 is 5.91 Å². The first-order valence-electron chi connectivity index (χ1n) is 7.22. The van der Waals surface area contributed by atoms with Crippen LogP contribution in [-0.4, -0.2) is 15.9 Å². The number of hydrogen-bond acceptors (Lipinski definition) is 3. The number of amides is 1. The van der Waals surface area contributed by atoms with Gasteiger partial charge in [0.25, 0.3) is 5.91 Å². The van der Waals surface area contributed by atoms with Crippen molar-refractivity contribution in [2.75, 3.05) is 0 Å². The smallest absolute Gasteiger partial charge is 0.257 e. The van der Waals surface area contributed by atoms with Gasteiger partial charge in [-0.15, -0.1) is 0 Å². The standard InChI is InChI=1S/C18H13F2N3O/c19-14-4-1-5-15(20)17(14)18(24)23-10-12-6-7-16(22-9-12)13-3-2-8-21-11-13/h1-9,11H,10H2,(H,23,24). The van der Waals surface area contributed by atoms with E-state index in [1.807, 2.05) is 12.1 Å². The number of nitrogens with one attached hydrogen (secondary N) is 1. The highest BCUT2D eigenvalue weighted by molar-refractivity contribution is 5.94. The van der Waals surface area contributed by atoms with Gasteiger partial charge in [0.2, 0.25) is 0 Å². The average Bonchev–Trinajstić information content (AvgIpc) is 2.61. The van der Waals surface area contributed by atoms with Crippen LogP contribution in [0.1, 0.15) is 15.9 Å². The molecule has 0 aliphatic carbocycles. The van der Waals surface area contributed by atoms with Crippen LogP contribution in [0, 0.1) is 11.6 Å². The molecular formula is C18H13F2N3O. The second-order valence-corrected chi connectivity index (χ2v) is 5.07. The van der Waals surface area contributed by atoms with E-state index in [0.29, 0.717) is 5.56 Å². The van der Waals surface area contributed by atoms with Crippen LogP contribution in [0.3, 0.4) is 0 Å². The van der Waals surface area contributed by atoms with Gasteiger partial charge in [0, 0.05) is 30.7 Å². The van der Waals surface area contributed by atoms with Gasteiger partial charge in [-0.1, -0.05) is 12.1 Å². The molecule has 3 aromatic rings. The molecule has 2 heterocycles. The molecule has 6 heteroatoms. The molecule has 0 saturated heterocycles. The lowest BCUT2D eigenvalue weighted by atomic mass is 10.1. The third-order valence-corrected chi connectivity index (χ3v) is 3.42. The second-order valence-electron chi connectivity index (χ2n) is 5.07. The minimum Gasteiger partial charge on any atom is -0.348 e. The van der Waals surface area contributed by atoms with Crippen LogP contribution >= 0.6 is 0 Å². The molecule has 1 amide bonds. The van der Waals surface area contributed by atoms with Crippen molar-refractivity contribution in [3.05, 3.63) is 83.8 Å². The van der Waals surface area contributed by atoms with E-state index in [9.17, 15) is 13.6 Å². The fraction of sp³-hybridized carbons (Fsp3) is 0.0556. The van der Waals surface area contributed by atoms with Crippen molar-refractivity contribution < 1.29 is 13.6 Å². The van der Waals surface area contributed by atoms with Gasteiger partial charge in [0.1, 0.15) is 17.2 Å². The Morgan fingerprint density at radius 2 is 1.79 bits per heavy atom. The Morgan fingerprint density at radius 1 is 1.00 bits per heavy atom. The van der Waals surface area contributed by atoms with E-state index >= 15 is 0 Å². The Balaban J connectivity index is 1.68. The molecule has 0 bridgehead atoms. The number of aromatic nitrogens is 2. The molecule has 1 aromatic carbocycles. The lowest BCUT2D eigenvalue weighted by Crippen LogP contribution is -2.25. The molecule has 0 aliphatic heterocycles. The van der Waals surface area contributed by atoms with Gasteiger partial charge in [-0.25, -0.2) is 8.78 Å². The maximum absolute atomic E-state index is 13.5. The van der Waals surface area contributed by atoms with Gasteiger partial charge in [0.05, 0.1) is 5.69 Å². The van der Waals surface area contributed by atoms with Crippen LogP contribution in [0.5, 0.6) is 0 Å². The molecular weight excluding hydrogens is 312 g/mol. The number of halogens is 2. The molecule has 0 radical (unpaired) electrons. The number of carbonyl (C=O) groups excluding carboxylic acids is 1. The summed E-state index contributed by atoms with van der Waals surface area (Å²) >= 11 is 0. The number of hydrogen-bond donors (Lipinski definition) is 1. The lowest BCUT2D eigenvalue weighted by Gasteiger charge is -2.07. The monoisotopic (exact) mass is 325 g/mol. The molecule has 0 spiro atoms. The van der Waals surface area contributed by atoms with Crippen LogP contribution in [0.2, 0.25) is 0 Å². The number of carbonyl (C=O) groups is 1. The minimum absolute atomic E-state index is 0.118. The summed E-state index contributed by atoms with van der Waals surface area (Å²) in [6.45, 7) is 0.118. The van der Waals surface area contributed by atoms with E-state index in [1.165, 1.54) is 6.07 Å². The van der Waals surface area contributed by atoms with Crippen LogP contribution < -0.4 is 5.32 Å². The molecule has 24 heavy (non-hydrogen) atoms. The van der Waals surface area contributed by atoms with Crippen LogP contribution in [-0.2, 0) is 6.54 Å². The van der Waals surface area contributed by atoms with Gasteiger partial charge < -0.3 is 5.32 Å². The average molecular weight is 325 g/mol. The Morgan fingerprint density at radius 3 is 2.42 bits per heavy atom. The van der Waals surface area contributed by atoms with E-state index in [0.717, 1.165) is 23.4 Å². The molecule has 4 nitrogen and oxygen atoms in total. The van der Waals surface area contributed by atoms with Crippen molar-refractivity contribution in [3.63, 3.8) is 0 Å². The van der Waals surface area contributed by atoms with Gasteiger partial charge in [0.15, 0.2) is 0 Å². The third-order valence-electron chi connectivity index (χ3n) is 3.42. The molecule has 0 saturated carbocycles. The SMILES string of the molecule is O=C(NCc1ccc(-c2cccnc2)nc1)c1c(F)cccc1F. The van der Waals surface area contributed by atoms with Crippen molar-refractivity contribution in [2.45, 2.75) is 6.54 Å². The third kappa shape index (κ3) is 3.43. The number of nitrogens with zero attached hydrogens (tertiary/aromatic N) is 2. The van der Waals surface area contributed by atoms with Crippen molar-refractivity contribution in [1.29, 1.82) is 0 Å². The van der Waals surface area contributed by atoms with Crippen LogP contribution in [0.4, 0.5) is 8.78 Å². The maximum Gasteiger partial charge on any atom is 0.257 e. The molecule has 0 atom stereocenters. The largest absolute Gasteiger partial charge is 0.348 e. The van der Waals surface area contributed by atoms with Crippen molar-refractivity contribution in [1.82, 2.24) is 15.3 Å². The minimum atomic E-state index is -0.891. The normalized spacial score (nSPS) is 10.4. The highest BCUT2D eigenvalue weighted by Crippen LogP contribution is 2.15. The van der Waals surface area contributed by atoms with Gasteiger partial charge >= 0.3 is 0 Å². The first-order chi connectivity index (χ1) is 11.6. The Kier molecular flexibility index (Phi) is 4.56. The summed E-state index contributed by atoms with van der Waals surface area (Å²) in [7, 11) is 0. The Bertz CT molecular complexity index is 832. The Labute approximate surface area is 137 Å². The van der Waals surface area contributed by atoms with E-state index in [-0.39, 0.29) is 6.54 Å². The summed E-state index contributed by atoms with van der Waals surface area (Å²) in [5.41, 5.74) is 1.75. The van der Waals surface area contributed by atoms with Crippen LogP contribution in [0.15, 0.2) is 61.1 Å². The molecule has 0 aliphatic rings. The predicted molar refractivity (Wildman–Crippen MR) is 85.0 cm³/mol. The fourth-order valence-electron chi connectivity index (χ4n) is 2.20. The summed E-state index contributed by atoms with van der Waals surface area (Å²) in [4.78, 5) is 20.2. The zero-order valence-corrected chi connectivity index (χ0v) is 12.5. The molecule has 0 unspecified atom stereocenters. The summed E-state index contributed by atoms with van der Waals surface area (Å²) in [5, 5.41) is 2.48. The number of rotatable bonds is 4. The summed E-state index contributed by atoms with van der Waals surface area (Å²) in [6, 6.07) is 10.6. The van der Waals surface area contributed by atoms with Gasteiger partial charge in [-0.05, 0) is 35.9 Å². The summed E-state index contributed by atoms with van der Waals surface area (Å²) in [6.07, 6.45) is 4.97. The molecule has 120 valence electrons. The zero-order chi connectivity index (χ0) is 16.9.